The van der Waals surface area contributed by atoms with E-state index in [1.165, 1.54) is 6.20 Å². The van der Waals surface area contributed by atoms with E-state index in [-0.39, 0.29) is 15.8 Å². The molecule has 0 amide bonds. The number of aliphatic hydroxyl groups excluding tert-OH is 1. The lowest BCUT2D eigenvalue weighted by molar-refractivity contribution is 0.185. The zero-order chi connectivity index (χ0) is 24.3. The van der Waals surface area contributed by atoms with Gasteiger partial charge in [0.1, 0.15) is 10.7 Å². The van der Waals surface area contributed by atoms with Gasteiger partial charge in [0.25, 0.3) is 10.0 Å². The summed E-state index contributed by atoms with van der Waals surface area (Å²) in [5.41, 5.74) is 7.57. The molecule has 0 saturated carbocycles. The molecule has 3 aromatic rings. The minimum atomic E-state index is -4.20. The number of hydrogen-bond acceptors (Lipinski definition) is 8. The monoisotopic (exact) mass is 525 g/mol. The number of nitrogens with zero attached hydrogens (tertiary/aromatic N) is 1. The summed E-state index contributed by atoms with van der Waals surface area (Å²) in [5.74, 6) is -0.944. The predicted molar refractivity (Wildman–Crippen MR) is 132 cm³/mol. The number of thiazole rings is 1. The van der Waals surface area contributed by atoms with Gasteiger partial charge in [0.15, 0.2) is 5.13 Å². The average molecular weight is 526 g/mol. The molecule has 0 spiro atoms. The molecule has 34 heavy (non-hydrogen) atoms. The van der Waals surface area contributed by atoms with Crippen LogP contribution in [0.25, 0.3) is 0 Å². The highest BCUT2D eigenvalue weighted by Gasteiger charge is 2.38. The molecule has 0 unspecified atom stereocenters. The molecule has 1 saturated heterocycles. The van der Waals surface area contributed by atoms with Crippen molar-refractivity contribution in [2.45, 2.75) is 35.9 Å². The molecule has 12 heteroatoms. The normalized spacial score (nSPS) is 20.4. The van der Waals surface area contributed by atoms with Crippen LogP contribution in [0.2, 0.25) is 5.02 Å². The van der Waals surface area contributed by atoms with Crippen LogP contribution in [0, 0.1) is 5.82 Å². The Bertz CT molecular complexity index is 1260. The second kappa shape index (κ2) is 10.1. The molecule has 1 aliphatic rings. The van der Waals surface area contributed by atoms with Crippen molar-refractivity contribution in [1.29, 1.82) is 0 Å². The molecule has 2 heterocycles. The molecular weight excluding hydrogens is 501 g/mol. The van der Waals surface area contributed by atoms with E-state index in [2.05, 4.69) is 20.3 Å². The summed E-state index contributed by atoms with van der Waals surface area (Å²) < 4.78 is 42.2. The Morgan fingerprint density at radius 3 is 2.79 bits per heavy atom. The van der Waals surface area contributed by atoms with Crippen molar-refractivity contribution < 1.29 is 17.9 Å². The summed E-state index contributed by atoms with van der Waals surface area (Å²) in [6.07, 6.45) is 2.01. The average Bonchev–Trinajstić information content (AvgIpc) is 3.43. The van der Waals surface area contributed by atoms with Crippen molar-refractivity contribution in [3.8, 4) is 0 Å². The lowest BCUT2D eigenvalue weighted by atomic mass is 9.88. The van der Waals surface area contributed by atoms with E-state index in [1.54, 1.807) is 5.38 Å². The molecule has 2 atom stereocenters. The quantitative estimate of drug-likeness (QED) is 0.290. The Labute approximate surface area is 206 Å². The van der Waals surface area contributed by atoms with Crippen molar-refractivity contribution in [3.63, 3.8) is 0 Å². The van der Waals surface area contributed by atoms with E-state index in [1.807, 2.05) is 24.3 Å². The minimum Gasteiger partial charge on any atom is -0.392 e. The number of hydrogen-bond donors (Lipinski definition) is 5. The number of nitrogens with two attached hydrogens (primary N) is 1. The summed E-state index contributed by atoms with van der Waals surface area (Å²) in [5, 5.41) is 18.5. The molecule has 0 radical (unpaired) electrons. The van der Waals surface area contributed by atoms with Gasteiger partial charge in [-0.05, 0) is 36.1 Å². The lowest BCUT2D eigenvalue weighted by Crippen LogP contribution is -2.48. The number of aromatic nitrogens is 1. The van der Waals surface area contributed by atoms with Crippen LogP contribution in [-0.4, -0.2) is 43.2 Å². The van der Waals surface area contributed by atoms with Crippen LogP contribution in [0.15, 0.2) is 52.9 Å². The maximum atomic E-state index is 14.8. The van der Waals surface area contributed by atoms with Gasteiger partial charge in [-0.3, -0.25) is 4.72 Å². The first-order chi connectivity index (χ1) is 16.2. The van der Waals surface area contributed by atoms with E-state index in [4.69, 9.17) is 17.3 Å². The second-order valence-electron chi connectivity index (χ2n) is 8.28. The Hall–Kier alpha value is -2.28. The smallest absolute Gasteiger partial charge is 0.266 e. The van der Waals surface area contributed by atoms with Gasteiger partial charge in [-0.1, -0.05) is 35.9 Å². The van der Waals surface area contributed by atoms with Gasteiger partial charge >= 0.3 is 0 Å². The summed E-state index contributed by atoms with van der Waals surface area (Å²) >= 11 is 7.41. The molecular formula is C22H25ClFN5O3S2. The van der Waals surface area contributed by atoms with Crippen molar-refractivity contribution >= 4 is 43.8 Å². The van der Waals surface area contributed by atoms with Crippen LogP contribution >= 0.6 is 22.9 Å². The highest BCUT2D eigenvalue weighted by atomic mass is 35.5. The third kappa shape index (κ3) is 5.68. The number of halogens is 2. The summed E-state index contributed by atoms with van der Waals surface area (Å²) in [7, 11) is -4.20. The molecule has 0 bridgehead atoms. The molecule has 1 fully saturated rings. The molecule has 8 nitrogen and oxygen atoms in total. The Morgan fingerprint density at radius 1 is 1.32 bits per heavy atom. The standard InChI is InChI=1S/C22H25ClFN5O3S2/c23-17-7-20(34(31,32)29-21-26-4-5-33-21)18(24)8-19(17)27-13-22(10-16(30)12-28-22)9-14-2-1-3-15(6-14)11-25/h1-8,16,27-28,30H,9-13,25H2,(H,26,29)/t16-,22-/m0/s1. The fourth-order valence-corrected chi connectivity index (χ4v) is 6.27. The molecule has 6 N–H and O–H groups in total. The zero-order valence-electron chi connectivity index (χ0n) is 18.1. The van der Waals surface area contributed by atoms with Gasteiger partial charge in [-0.15, -0.1) is 11.3 Å². The van der Waals surface area contributed by atoms with Crippen molar-refractivity contribution in [3.05, 3.63) is 69.9 Å². The Morgan fingerprint density at radius 2 is 2.12 bits per heavy atom. The molecule has 0 aliphatic carbocycles. The first-order valence-electron chi connectivity index (χ1n) is 10.6. The predicted octanol–water partition coefficient (Wildman–Crippen LogP) is 2.94. The van der Waals surface area contributed by atoms with Crippen LogP contribution in [0.5, 0.6) is 0 Å². The van der Waals surface area contributed by atoms with Crippen molar-refractivity contribution in [2.24, 2.45) is 5.73 Å². The second-order valence-corrected chi connectivity index (χ2v) is 11.2. The van der Waals surface area contributed by atoms with E-state index >= 15 is 0 Å². The maximum absolute atomic E-state index is 14.8. The van der Waals surface area contributed by atoms with Crippen LogP contribution in [0.3, 0.4) is 0 Å². The number of benzene rings is 2. The summed E-state index contributed by atoms with van der Waals surface area (Å²) in [4.78, 5) is 3.29. The SMILES string of the molecule is NCc1cccc(C[C@@]2(CNc3cc(F)c(S(=O)(=O)Nc4nccs4)cc3Cl)C[C@H](O)CN2)c1. The van der Waals surface area contributed by atoms with E-state index < -0.39 is 32.4 Å². The first kappa shape index (κ1) is 24.8. The first-order valence-corrected chi connectivity index (χ1v) is 13.3. The van der Waals surface area contributed by atoms with E-state index in [0.717, 1.165) is 34.6 Å². The molecule has 182 valence electrons. The third-order valence-corrected chi connectivity index (χ3v) is 8.18. The Kier molecular flexibility index (Phi) is 7.41. The highest BCUT2D eigenvalue weighted by molar-refractivity contribution is 7.93. The molecule has 1 aromatic heterocycles. The molecule has 1 aliphatic heterocycles. The summed E-state index contributed by atoms with van der Waals surface area (Å²) in [6, 6.07) is 10.0. The van der Waals surface area contributed by atoms with Crippen LogP contribution < -0.4 is 21.1 Å². The topological polar surface area (TPSA) is 129 Å². The van der Waals surface area contributed by atoms with Gasteiger partial charge in [0, 0.05) is 36.8 Å². The molecule has 2 aromatic carbocycles. The summed E-state index contributed by atoms with van der Waals surface area (Å²) in [6.45, 7) is 1.19. The number of aliphatic hydroxyl groups is 1. The molecule has 4 rings (SSSR count). The van der Waals surface area contributed by atoms with Gasteiger partial charge < -0.3 is 21.5 Å². The highest BCUT2D eigenvalue weighted by Crippen LogP contribution is 2.31. The fourth-order valence-electron chi connectivity index (χ4n) is 4.10. The third-order valence-electron chi connectivity index (χ3n) is 5.69. The van der Waals surface area contributed by atoms with Gasteiger partial charge in [0.2, 0.25) is 0 Å². The van der Waals surface area contributed by atoms with Crippen LogP contribution in [0.1, 0.15) is 17.5 Å². The van der Waals surface area contributed by atoms with Gasteiger partial charge in [-0.2, -0.15) is 0 Å². The minimum absolute atomic E-state index is 0.0553. The Balaban J connectivity index is 1.53. The lowest BCUT2D eigenvalue weighted by Gasteiger charge is -2.31. The van der Waals surface area contributed by atoms with Crippen LogP contribution in [-0.2, 0) is 23.0 Å². The largest absolute Gasteiger partial charge is 0.392 e. The fraction of sp³-hybridized carbons (Fsp3) is 0.318. The number of β-amino-alcohol motifs (C(OH)–C–C–N with tert-alkyl or cyclic N) is 1. The number of nitrogens with one attached hydrogen (secondary N) is 3. The number of sulfonamides is 1. The number of rotatable bonds is 9. The number of anilines is 2. The van der Waals surface area contributed by atoms with Gasteiger partial charge in [-0.25, -0.2) is 17.8 Å². The van der Waals surface area contributed by atoms with E-state index in [0.29, 0.717) is 32.5 Å². The van der Waals surface area contributed by atoms with Crippen molar-refractivity contribution in [2.75, 3.05) is 23.1 Å². The van der Waals surface area contributed by atoms with Crippen LogP contribution in [0.4, 0.5) is 15.2 Å². The van der Waals surface area contributed by atoms with E-state index in [9.17, 15) is 17.9 Å². The van der Waals surface area contributed by atoms with Crippen molar-refractivity contribution in [1.82, 2.24) is 10.3 Å². The van der Waals surface area contributed by atoms with Gasteiger partial charge in [0.05, 0.1) is 16.8 Å². The zero-order valence-corrected chi connectivity index (χ0v) is 20.5. The maximum Gasteiger partial charge on any atom is 0.266 e.